The van der Waals surface area contributed by atoms with Crippen molar-refractivity contribution in [2.24, 2.45) is 0 Å². The van der Waals surface area contributed by atoms with Crippen LogP contribution in [0.25, 0.3) is 0 Å². The van der Waals surface area contributed by atoms with Gasteiger partial charge in [0.05, 0.1) is 6.42 Å². The SMILES string of the molecule is CCCCc1ccc(CC(=O)N2CCNCC2)cc1.Cl. The average molecular weight is 297 g/mol. The van der Waals surface area contributed by atoms with E-state index in [1.54, 1.807) is 0 Å². The van der Waals surface area contributed by atoms with Gasteiger partial charge < -0.3 is 10.2 Å². The lowest BCUT2D eigenvalue weighted by Gasteiger charge is -2.27. The van der Waals surface area contributed by atoms with Crippen molar-refractivity contribution in [1.82, 2.24) is 10.2 Å². The van der Waals surface area contributed by atoms with Crippen molar-refractivity contribution in [2.45, 2.75) is 32.6 Å². The Bertz CT molecular complexity index is 399. The number of halogens is 1. The van der Waals surface area contributed by atoms with Crippen molar-refractivity contribution in [3.05, 3.63) is 35.4 Å². The third-order valence-corrected chi connectivity index (χ3v) is 3.67. The zero-order valence-corrected chi connectivity index (χ0v) is 13.0. The lowest BCUT2D eigenvalue weighted by Crippen LogP contribution is -2.46. The first kappa shape index (κ1) is 17.0. The molecule has 0 saturated carbocycles. The first-order valence-electron chi connectivity index (χ1n) is 7.36. The Morgan fingerprint density at radius 3 is 2.35 bits per heavy atom. The van der Waals surface area contributed by atoms with E-state index in [9.17, 15) is 4.79 Å². The van der Waals surface area contributed by atoms with Gasteiger partial charge in [-0.25, -0.2) is 0 Å². The molecular formula is C16H25ClN2O. The Morgan fingerprint density at radius 1 is 1.15 bits per heavy atom. The Morgan fingerprint density at radius 2 is 1.75 bits per heavy atom. The Balaban J connectivity index is 0.00000200. The fourth-order valence-corrected chi connectivity index (χ4v) is 2.41. The van der Waals surface area contributed by atoms with E-state index in [1.807, 2.05) is 4.90 Å². The number of rotatable bonds is 5. The molecule has 112 valence electrons. The van der Waals surface area contributed by atoms with E-state index in [2.05, 4.69) is 36.5 Å². The average Bonchev–Trinajstić information content (AvgIpc) is 2.47. The Labute approximate surface area is 128 Å². The summed E-state index contributed by atoms with van der Waals surface area (Å²) < 4.78 is 0. The second kappa shape index (κ2) is 8.98. The fraction of sp³-hybridized carbons (Fsp3) is 0.562. The number of carbonyl (C=O) groups is 1. The molecule has 1 aliphatic rings. The van der Waals surface area contributed by atoms with Gasteiger partial charge in [0.2, 0.25) is 5.91 Å². The van der Waals surface area contributed by atoms with Gasteiger partial charge in [0.1, 0.15) is 0 Å². The molecule has 3 nitrogen and oxygen atoms in total. The highest BCUT2D eigenvalue weighted by atomic mass is 35.5. The zero-order valence-electron chi connectivity index (χ0n) is 12.2. The minimum Gasteiger partial charge on any atom is -0.340 e. The number of hydrogen-bond acceptors (Lipinski definition) is 2. The minimum absolute atomic E-state index is 0. The zero-order chi connectivity index (χ0) is 13.5. The molecule has 0 aromatic heterocycles. The summed E-state index contributed by atoms with van der Waals surface area (Å²) in [6, 6.07) is 8.53. The van der Waals surface area contributed by atoms with Crippen LogP contribution in [0.3, 0.4) is 0 Å². The quantitative estimate of drug-likeness (QED) is 0.905. The molecule has 1 saturated heterocycles. The molecule has 1 fully saturated rings. The summed E-state index contributed by atoms with van der Waals surface area (Å²) in [6.45, 7) is 5.73. The molecule has 1 aromatic carbocycles. The predicted octanol–water partition coefficient (Wildman–Crippen LogP) is 2.43. The number of nitrogens with one attached hydrogen (secondary N) is 1. The molecule has 2 rings (SSSR count). The van der Waals surface area contributed by atoms with Gasteiger partial charge >= 0.3 is 0 Å². The number of unbranched alkanes of at least 4 members (excludes halogenated alkanes) is 1. The molecule has 1 N–H and O–H groups in total. The van der Waals surface area contributed by atoms with Gasteiger partial charge in [-0.3, -0.25) is 4.79 Å². The summed E-state index contributed by atoms with van der Waals surface area (Å²) in [5, 5.41) is 3.27. The summed E-state index contributed by atoms with van der Waals surface area (Å²) >= 11 is 0. The van der Waals surface area contributed by atoms with E-state index < -0.39 is 0 Å². The van der Waals surface area contributed by atoms with Gasteiger partial charge in [0.15, 0.2) is 0 Å². The van der Waals surface area contributed by atoms with Crippen LogP contribution >= 0.6 is 12.4 Å². The van der Waals surface area contributed by atoms with Crippen LogP contribution in [0.4, 0.5) is 0 Å². The number of amides is 1. The smallest absolute Gasteiger partial charge is 0.227 e. The van der Waals surface area contributed by atoms with E-state index in [-0.39, 0.29) is 18.3 Å². The van der Waals surface area contributed by atoms with Crippen molar-refractivity contribution in [1.29, 1.82) is 0 Å². The van der Waals surface area contributed by atoms with Crippen molar-refractivity contribution in [3.8, 4) is 0 Å². The van der Waals surface area contributed by atoms with E-state index in [0.717, 1.165) is 38.2 Å². The number of benzene rings is 1. The van der Waals surface area contributed by atoms with Crippen LogP contribution in [-0.4, -0.2) is 37.0 Å². The van der Waals surface area contributed by atoms with Gasteiger partial charge in [-0.05, 0) is 24.0 Å². The number of hydrogen-bond donors (Lipinski definition) is 1. The highest BCUT2D eigenvalue weighted by molar-refractivity contribution is 5.85. The van der Waals surface area contributed by atoms with Gasteiger partial charge in [0, 0.05) is 26.2 Å². The van der Waals surface area contributed by atoms with Crippen LogP contribution in [0.2, 0.25) is 0 Å². The second-order valence-electron chi connectivity index (χ2n) is 5.23. The highest BCUT2D eigenvalue weighted by Crippen LogP contribution is 2.09. The van der Waals surface area contributed by atoms with E-state index in [4.69, 9.17) is 0 Å². The third kappa shape index (κ3) is 5.14. The maximum Gasteiger partial charge on any atom is 0.227 e. The molecule has 1 aliphatic heterocycles. The lowest BCUT2D eigenvalue weighted by molar-refractivity contribution is -0.131. The molecule has 1 heterocycles. The third-order valence-electron chi connectivity index (χ3n) is 3.67. The van der Waals surface area contributed by atoms with Crippen molar-refractivity contribution in [3.63, 3.8) is 0 Å². The summed E-state index contributed by atoms with van der Waals surface area (Å²) in [6.07, 6.45) is 4.14. The number of carbonyl (C=O) groups excluding carboxylic acids is 1. The fourth-order valence-electron chi connectivity index (χ4n) is 2.41. The summed E-state index contributed by atoms with van der Waals surface area (Å²) in [4.78, 5) is 14.1. The number of aryl methyl sites for hydroxylation is 1. The van der Waals surface area contributed by atoms with E-state index >= 15 is 0 Å². The topological polar surface area (TPSA) is 32.3 Å². The maximum atomic E-state index is 12.1. The van der Waals surface area contributed by atoms with Crippen LogP contribution in [0, 0.1) is 0 Å². The van der Waals surface area contributed by atoms with E-state index in [0.29, 0.717) is 6.42 Å². The number of nitrogens with zero attached hydrogens (tertiary/aromatic N) is 1. The van der Waals surface area contributed by atoms with Crippen molar-refractivity contribution < 1.29 is 4.79 Å². The monoisotopic (exact) mass is 296 g/mol. The highest BCUT2D eigenvalue weighted by Gasteiger charge is 2.16. The second-order valence-corrected chi connectivity index (χ2v) is 5.23. The van der Waals surface area contributed by atoms with Crippen LogP contribution in [0.15, 0.2) is 24.3 Å². The molecule has 0 radical (unpaired) electrons. The predicted molar refractivity (Wildman–Crippen MR) is 85.5 cm³/mol. The molecule has 0 spiro atoms. The van der Waals surface area contributed by atoms with E-state index in [1.165, 1.54) is 18.4 Å². The van der Waals surface area contributed by atoms with Gasteiger partial charge in [-0.1, -0.05) is 37.6 Å². The lowest BCUT2D eigenvalue weighted by atomic mass is 10.0. The molecule has 20 heavy (non-hydrogen) atoms. The Kier molecular flexibility index (Phi) is 7.63. The van der Waals surface area contributed by atoms with Crippen LogP contribution in [0.5, 0.6) is 0 Å². The Hall–Kier alpha value is -1.06. The molecule has 1 amide bonds. The number of piperazine rings is 1. The van der Waals surface area contributed by atoms with Gasteiger partial charge in [-0.2, -0.15) is 0 Å². The maximum absolute atomic E-state index is 12.1. The standard InChI is InChI=1S/C16H24N2O.ClH/c1-2-3-4-14-5-7-15(8-6-14)13-16(19)18-11-9-17-10-12-18;/h5-8,17H,2-4,9-13H2,1H3;1H. The molecule has 0 unspecified atom stereocenters. The minimum atomic E-state index is 0. The molecule has 1 aromatic rings. The van der Waals surface area contributed by atoms with Crippen molar-refractivity contribution >= 4 is 18.3 Å². The summed E-state index contributed by atoms with van der Waals surface area (Å²) in [5.41, 5.74) is 2.50. The molecular weight excluding hydrogens is 272 g/mol. The summed E-state index contributed by atoms with van der Waals surface area (Å²) in [5.74, 6) is 0.253. The summed E-state index contributed by atoms with van der Waals surface area (Å²) in [7, 11) is 0. The normalized spacial score (nSPS) is 14.8. The first-order chi connectivity index (χ1) is 9.29. The van der Waals surface area contributed by atoms with Crippen molar-refractivity contribution in [2.75, 3.05) is 26.2 Å². The molecule has 0 bridgehead atoms. The van der Waals surface area contributed by atoms with Gasteiger partial charge in [-0.15, -0.1) is 12.4 Å². The van der Waals surface area contributed by atoms with Crippen LogP contribution < -0.4 is 5.32 Å². The van der Waals surface area contributed by atoms with Gasteiger partial charge in [0.25, 0.3) is 0 Å². The van der Waals surface area contributed by atoms with Crippen LogP contribution in [-0.2, 0) is 17.6 Å². The molecule has 0 atom stereocenters. The largest absolute Gasteiger partial charge is 0.340 e. The van der Waals surface area contributed by atoms with Crippen LogP contribution in [0.1, 0.15) is 30.9 Å². The first-order valence-corrected chi connectivity index (χ1v) is 7.36. The molecule has 4 heteroatoms. The molecule has 0 aliphatic carbocycles.